The summed E-state index contributed by atoms with van der Waals surface area (Å²) in [4.78, 5) is 11.6. The molecule has 0 heterocycles. The summed E-state index contributed by atoms with van der Waals surface area (Å²) >= 11 is 0. The average molecular weight is 169 g/mol. The molecule has 2 aliphatic rings. The molecule has 0 amide bonds. The first-order valence-electron chi connectivity index (χ1n) is 5.34. The third-order valence-corrected chi connectivity index (χ3v) is 3.09. The zero-order chi connectivity index (χ0) is 9.47. The number of aliphatic hydroxyl groups excluding tert-OH is 1. The molecule has 2 heteroatoms. The van der Waals surface area contributed by atoms with E-state index in [1.165, 1.54) is 0 Å². The van der Waals surface area contributed by atoms with Crippen molar-refractivity contribution in [2.45, 2.75) is 44.6 Å². The van der Waals surface area contributed by atoms with Crippen LogP contribution in [0.25, 0.3) is 0 Å². The van der Waals surface area contributed by atoms with E-state index in [0.29, 0.717) is 12.8 Å². The zero-order valence-electron chi connectivity index (χ0n) is 8.25. The number of rotatable bonds is 0. The molecule has 0 unspecified atom stereocenters. The van der Waals surface area contributed by atoms with Crippen LogP contribution in [0.15, 0.2) is 0 Å². The van der Waals surface area contributed by atoms with Gasteiger partial charge < -0.3 is 5.11 Å². The number of ketones is 1. The first-order valence-corrected chi connectivity index (χ1v) is 4.84. The Balaban J connectivity index is 2.24. The van der Waals surface area contributed by atoms with Gasteiger partial charge in [-0.3, -0.25) is 4.79 Å². The van der Waals surface area contributed by atoms with E-state index in [-0.39, 0.29) is 11.7 Å². The van der Waals surface area contributed by atoms with E-state index in [1.807, 2.05) is 0 Å². The highest BCUT2D eigenvalue weighted by Crippen LogP contribution is 2.38. The summed E-state index contributed by atoms with van der Waals surface area (Å²) in [6, 6.07) is 0. The van der Waals surface area contributed by atoms with Crippen LogP contribution in [-0.2, 0) is 4.79 Å². The second-order valence-electron chi connectivity index (χ2n) is 3.92. The minimum atomic E-state index is -0.632. The molecular formula is C10H16O2. The maximum atomic E-state index is 11.6. The fourth-order valence-corrected chi connectivity index (χ4v) is 2.50. The van der Waals surface area contributed by atoms with Gasteiger partial charge in [0.25, 0.3) is 0 Å². The van der Waals surface area contributed by atoms with E-state index in [1.54, 1.807) is 0 Å². The number of hydrogen-bond acceptors (Lipinski definition) is 2. The number of fused-ring (bicyclic) bond motifs is 1. The predicted octanol–water partition coefficient (Wildman–Crippen LogP) is 1.52. The largest absolute Gasteiger partial charge is 0.392 e. The molecule has 0 saturated heterocycles. The summed E-state index contributed by atoms with van der Waals surface area (Å²) in [7, 11) is 0. The Morgan fingerprint density at radius 3 is 2.83 bits per heavy atom. The molecule has 0 aromatic heterocycles. The minimum Gasteiger partial charge on any atom is -0.392 e. The maximum Gasteiger partial charge on any atom is 0.138 e. The molecule has 2 rings (SSSR count). The molecule has 1 N–H and O–H groups in total. The first-order chi connectivity index (χ1) is 6.13. The van der Waals surface area contributed by atoms with Crippen LogP contribution in [0.2, 0.25) is 0 Å². The van der Waals surface area contributed by atoms with Crippen LogP contribution in [0.5, 0.6) is 0 Å². The fraction of sp³-hybridized carbons (Fsp3) is 0.900. The highest BCUT2D eigenvalue weighted by Gasteiger charge is 2.38. The minimum absolute atomic E-state index is 0.119. The lowest BCUT2D eigenvalue weighted by atomic mass is 9.69. The van der Waals surface area contributed by atoms with Gasteiger partial charge >= 0.3 is 0 Å². The number of aliphatic hydroxyl groups is 1. The molecule has 0 aromatic rings. The molecule has 2 aliphatic carbocycles. The smallest absolute Gasteiger partial charge is 0.138 e. The third kappa shape index (κ3) is 1.28. The Bertz CT molecular complexity index is 225. The van der Waals surface area contributed by atoms with E-state index >= 15 is 0 Å². The molecule has 12 heavy (non-hydrogen) atoms. The van der Waals surface area contributed by atoms with Gasteiger partial charge in [-0.2, -0.15) is 0 Å². The molecule has 0 spiro atoms. The van der Waals surface area contributed by atoms with Crippen molar-refractivity contribution < 1.29 is 11.3 Å². The van der Waals surface area contributed by atoms with Crippen molar-refractivity contribution in [1.82, 2.24) is 0 Å². The Morgan fingerprint density at radius 2 is 2.08 bits per heavy atom. The predicted molar refractivity (Wildman–Crippen MR) is 45.7 cm³/mol. The Kier molecular flexibility index (Phi) is 1.87. The molecule has 2 saturated carbocycles. The van der Waals surface area contributed by atoms with Crippen molar-refractivity contribution in [3.8, 4) is 0 Å². The van der Waals surface area contributed by atoms with Crippen molar-refractivity contribution in [2.75, 3.05) is 0 Å². The lowest BCUT2D eigenvalue weighted by Crippen LogP contribution is -2.40. The second-order valence-corrected chi connectivity index (χ2v) is 3.92. The summed E-state index contributed by atoms with van der Waals surface area (Å²) in [5.74, 6) is -0.893. The van der Waals surface area contributed by atoms with Crippen molar-refractivity contribution >= 4 is 5.78 Å². The van der Waals surface area contributed by atoms with E-state index in [2.05, 4.69) is 0 Å². The number of carbonyl (C=O) groups is 1. The third-order valence-electron chi connectivity index (χ3n) is 3.09. The van der Waals surface area contributed by atoms with E-state index in [4.69, 9.17) is 1.37 Å². The van der Waals surface area contributed by atoms with Gasteiger partial charge in [-0.15, -0.1) is 0 Å². The normalized spacial score (nSPS) is 49.8. The van der Waals surface area contributed by atoms with Crippen LogP contribution in [0, 0.1) is 11.8 Å². The maximum absolute atomic E-state index is 11.6. The molecule has 0 radical (unpaired) electrons. The van der Waals surface area contributed by atoms with Crippen LogP contribution in [0.1, 0.15) is 39.9 Å². The van der Waals surface area contributed by atoms with Gasteiger partial charge in [0.05, 0.1) is 6.10 Å². The van der Waals surface area contributed by atoms with Gasteiger partial charge in [0.1, 0.15) is 5.78 Å². The molecule has 2 nitrogen and oxygen atoms in total. The average Bonchev–Trinajstić information content (AvgIpc) is 2.02. The van der Waals surface area contributed by atoms with Crippen LogP contribution in [0.3, 0.4) is 0 Å². The molecule has 3 atom stereocenters. The van der Waals surface area contributed by atoms with Gasteiger partial charge in [-0.25, -0.2) is 0 Å². The van der Waals surface area contributed by atoms with Crippen molar-refractivity contribution in [1.29, 1.82) is 0 Å². The summed E-state index contributed by atoms with van der Waals surface area (Å²) in [5.41, 5.74) is 0. The Morgan fingerprint density at radius 1 is 1.33 bits per heavy atom. The fourth-order valence-electron chi connectivity index (χ4n) is 2.50. The van der Waals surface area contributed by atoms with Gasteiger partial charge in [0.2, 0.25) is 0 Å². The van der Waals surface area contributed by atoms with Gasteiger partial charge in [0, 0.05) is 13.7 Å². The summed E-state index contributed by atoms with van der Waals surface area (Å²) < 4.78 is 8.16. The van der Waals surface area contributed by atoms with E-state index in [9.17, 15) is 9.90 Å². The van der Waals surface area contributed by atoms with Crippen LogP contribution in [-0.4, -0.2) is 17.0 Å². The molecule has 2 fully saturated rings. The second kappa shape index (κ2) is 3.17. The quantitative estimate of drug-likeness (QED) is 0.597. The number of hydrogen-bond donors (Lipinski definition) is 1. The Labute approximate surface area is 74.4 Å². The number of Topliss-reactive ketones (excluding diaryl/α,β-unsaturated/α-hetero) is 1. The van der Waals surface area contributed by atoms with Crippen molar-refractivity contribution in [3.63, 3.8) is 0 Å². The molecular weight excluding hydrogens is 152 g/mol. The van der Waals surface area contributed by atoms with Crippen LogP contribution >= 0.6 is 0 Å². The van der Waals surface area contributed by atoms with Crippen molar-refractivity contribution in [2.24, 2.45) is 11.8 Å². The standard InChI is InChI=1S/C10H16O2/c11-8-5-1-3-7-4-2-6-9(12)10(7)8/h7-8,10-11H,1-6H2/t7-,8-,10+/m1/s1/i7D. The summed E-state index contributed by atoms with van der Waals surface area (Å²) in [5, 5.41) is 9.70. The SMILES string of the molecule is [2H][C@@]12CCCC(=O)[C@@H]1[C@H](O)CCC2. The van der Waals surface area contributed by atoms with Gasteiger partial charge in [0.15, 0.2) is 0 Å². The van der Waals surface area contributed by atoms with E-state index < -0.39 is 12.0 Å². The lowest BCUT2D eigenvalue weighted by Gasteiger charge is -2.37. The molecule has 0 aliphatic heterocycles. The zero-order valence-corrected chi connectivity index (χ0v) is 7.25. The monoisotopic (exact) mass is 169 g/mol. The lowest BCUT2D eigenvalue weighted by molar-refractivity contribution is -0.133. The van der Waals surface area contributed by atoms with Gasteiger partial charge in [-0.1, -0.05) is 6.42 Å². The Hall–Kier alpha value is -0.370. The van der Waals surface area contributed by atoms with Crippen molar-refractivity contribution in [3.05, 3.63) is 0 Å². The van der Waals surface area contributed by atoms with Crippen LogP contribution in [0.4, 0.5) is 0 Å². The van der Waals surface area contributed by atoms with E-state index in [0.717, 1.165) is 25.7 Å². The summed E-state index contributed by atoms with van der Waals surface area (Å²) in [6.45, 7) is 0. The van der Waals surface area contributed by atoms with Crippen LogP contribution < -0.4 is 0 Å². The summed E-state index contributed by atoms with van der Waals surface area (Å²) in [6.07, 6.45) is 4.06. The molecule has 0 bridgehead atoms. The first kappa shape index (κ1) is 7.07. The molecule has 0 aromatic carbocycles. The topological polar surface area (TPSA) is 37.3 Å². The van der Waals surface area contributed by atoms with Gasteiger partial charge in [-0.05, 0) is 31.6 Å². The highest BCUT2D eigenvalue weighted by atomic mass is 16.3. The number of carbonyl (C=O) groups excluding carboxylic acids is 1. The molecule has 68 valence electrons. The highest BCUT2D eigenvalue weighted by molar-refractivity contribution is 5.82.